The van der Waals surface area contributed by atoms with Gasteiger partial charge in [0.2, 0.25) is 5.90 Å². The molecule has 3 rings (SSSR count). The number of ether oxygens (including phenoxy) is 1. The predicted molar refractivity (Wildman–Crippen MR) is 83.5 cm³/mol. The van der Waals surface area contributed by atoms with Crippen molar-refractivity contribution in [1.82, 2.24) is 0 Å². The van der Waals surface area contributed by atoms with Crippen molar-refractivity contribution in [2.45, 2.75) is 0 Å². The van der Waals surface area contributed by atoms with Gasteiger partial charge in [-0.15, -0.1) is 0 Å². The molecule has 0 fully saturated rings. The van der Waals surface area contributed by atoms with Crippen LogP contribution in [-0.2, 0) is 9.53 Å². The van der Waals surface area contributed by atoms with E-state index in [4.69, 9.17) is 27.9 Å². The topological polar surface area (TPSA) is 38.7 Å². The maximum absolute atomic E-state index is 12.9. The Balaban J connectivity index is 1.97. The van der Waals surface area contributed by atoms with Crippen molar-refractivity contribution in [3.8, 4) is 0 Å². The molecule has 2 aromatic carbocycles. The van der Waals surface area contributed by atoms with Gasteiger partial charge in [0.25, 0.3) is 0 Å². The lowest BCUT2D eigenvalue weighted by Gasteiger charge is -2.00. The number of esters is 1. The minimum Gasteiger partial charge on any atom is -0.402 e. The zero-order valence-electron chi connectivity index (χ0n) is 11.0. The number of halogens is 3. The number of aliphatic imine (C=N–C) groups is 1. The third-order valence-electron chi connectivity index (χ3n) is 2.99. The molecule has 1 heterocycles. The fraction of sp³-hybridized carbons (Fsp3) is 0. The van der Waals surface area contributed by atoms with Crippen LogP contribution < -0.4 is 0 Å². The van der Waals surface area contributed by atoms with Crippen LogP contribution in [0.25, 0.3) is 6.08 Å². The van der Waals surface area contributed by atoms with Crippen molar-refractivity contribution < 1.29 is 13.9 Å². The van der Waals surface area contributed by atoms with Crippen LogP contribution in [0, 0.1) is 5.82 Å². The van der Waals surface area contributed by atoms with E-state index in [2.05, 4.69) is 4.99 Å². The smallest absolute Gasteiger partial charge is 0.363 e. The highest BCUT2D eigenvalue weighted by atomic mass is 35.5. The van der Waals surface area contributed by atoms with Crippen LogP contribution in [0.1, 0.15) is 11.1 Å². The molecule has 0 N–H and O–H groups in total. The van der Waals surface area contributed by atoms with Crippen LogP contribution in [0.5, 0.6) is 0 Å². The largest absolute Gasteiger partial charge is 0.402 e. The van der Waals surface area contributed by atoms with Gasteiger partial charge < -0.3 is 4.74 Å². The second kappa shape index (κ2) is 5.91. The Kier molecular flexibility index (Phi) is 3.96. The Bertz CT molecular complexity index is 813. The lowest BCUT2D eigenvalue weighted by Crippen LogP contribution is -2.05. The first-order chi connectivity index (χ1) is 10.5. The summed E-state index contributed by atoms with van der Waals surface area (Å²) in [6.07, 6.45) is 1.49. The molecule has 3 nitrogen and oxygen atoms in total. The highest BCUT2D eigenvalue weighted by molar-refractivity contribution is 6.43. The molecular formula is C16H8Cl2FNO2. The standard InChI is InChI=1S/C16H8Cl2FNO2/c17-12-3-1-2-10(14(12)18)8-13-16(21)22-15(20-13)9-4-6-11(19)7-5-9/h1-8H/b13-8-. The average molecular weight is 336 g/mol. The molecule has 110 valence electrons. The molecular weight excluding hydrogens is 328 g/mol. The van der Waals surface area contributed by atoms with Crippen molar-refractivity contribution in [3.05, 3.63) is 75.2 Å². The molecule has 2 aromatic rings. The predicted octanol–water partition coefficient (Wildman–Crippen LogP) is 4.48. The normalized spacial score (nSPS) is 15.9. The van der Waals surface area contributed by atoms with Gasteiger partial charge in [0.1, 0.15) is 5.82 Å². The van der Waals surface area contributed by atoms with E-state index in [1.54, 1.807) is 18.2 Å². The second-order valence-corrected chi connectivity index (χ2v) is 5.27. The van der Waals surface area contributed by atoms with Gasteiger partial charge in [0, 0.05) is 5.56 Å². The summed E-state index contributed by atoms with van der Waals surface area (Å²) in [4.78, 5) is 16.0. The summed E-state index contributed by atoms with van der Waals surface area (Å²) < 4.78 is 18.0. The Morgan fingerprint density at radius 1 is 1.09 bits per heavy atom. The highest BCUT2D eigenvalue weighted by Crippen LogP contribution is 2.28. The van der Waals surface area contributed by atoms with E-state index < -0.39 is 5.97 Å². The quantitative estimate of drug-likeness (QED) is 0.599. The van der Waals surface area contributed by atoms with E-state index in [1.165, 1.54) is 30.3 Å². The first kappa shape index (κ1) is 14.8. The van der Waals surface area contributed by atoms with E-state index in [0.717, 1.165) is 0 Å². The van der Waals surface area contributed by atoms with Gasteiger partial charge >= 0.3 is 5.97 Å². The average Bonchev–Trinajstić information content (AvgIpc) is 2.86. The van der Waals surface area contributed by atoms with Gasteiger partial charge in [-0.05, 0) is 42.0 Å². The molecule has 0 bridgehead atoms. The van der Waals surface area contributed by atoms with E-state index in [-0.39, 0.29) is 17.4 Å². The molecule has 1 aliphatic heterocycles. The van der Waals surface area contributed by atoms with Crippen LogP contribution in [0.15, 0.2) is 53.2 Å². The number of carbonyl (C=O) groups excluding carboxylic acids is 1. The van der Waals surface area contributed by atoms with Crippen molar-refractivity contribution in [2.24, 2.45) is 4.99 Å². The minimum atomic E-state index is -0.602. The monoisotopic (exact) mass is 335 g/mol. The number of hydrogen-bond acceptors (Lipinski definition) is 3. The van der Waals surface area contributed by atoms with Crippen LogP contribution in [0.2, 0.25) is 10.0 Å². The highest BCUT2D eigenvalue weighted by Gasteiger charge is 2.24. The van der Waals surface area contributed by atoms with Crippen molar-refractivity contribution in [2.75, 3.05) is 0 Å². The summed E-state index contributed by atoms with van der Waals surface area (Å²) in [6, 6.07) is 10.6. The van der Waals surface area contributed by atoms with Crippen LogP contribution in [-0.4, -0.2) is 11.9 Å². The van der Waals surface area contributed by atoms with E-state index in [1.807, 2.05) is 0 Å². The molecule has 0 spiro atoms. The van der Waals surface area contributed by atoms with Gasteiger partial charge in [-0.1, -0.05) is 35.3 Å². The summed E-state index contributed by atoms with van der Waals surface area (Å²) in [6.45, 7) is 0. The van der Waals surface area contributed by atoms with Crippen LogP contribution >= 0.6 is 23.2 Å². The molecule has 0 aliphatic carbocycles. The van der Waals surface area contributed by atoms with Gasteiger partial charge in [-0.2, -0.15) is 0 Å². The van der Waals surface area contributed by atoms with Gasteiger partial charge in [-0.25, -0.2) is 14.2 Å². The first-order valence-electron chi connectivity index (χ1n) is 6.27. The molecule has 0 saturated carbocycles. The third kappa shape index (κ3) is 2.89. The molecule has 0 radical (unpaired) electrons. The van der Waals surface area contributed by atoms with E-state index >= 15 is 0 Å². The summed E-state index contributed by atoms with van der Waals surface area (Å²) in [5.74, 6) is -0.861. The van der Waals surface area contributed by atoms with Gasteiger partial charge in [0.15, 0.2) is 5.70 Å². The zero-order valence-corrected chi connectivity index (χ0v) is 12.5. The zero-order chi connectivity index (χ0) is 15.7. The molecule has 0 amide bonds. The fourth-order valence-electron chi connectivity index (χ4n) is 1.90. The molecule has 22 heavy (non-hydrogen) atoms. The lowest BCUT2D eigenvalue weighted by atomic mass is 10.2. The minimum absolute atomic E-state index is 0.100. The summed E-state index contributed by atoms with van der Waals surface area (Å²) in [5, 5.41) is 0.708. The number of hydrogen-bond donors (Lipinski definition) is 0. The first-order valence-corrected chi connectivity index (χ1v) is 7.03. The Hall–Kier alpha value is -2.17. The lowest BCUT2D eigenvalue weighted by molar-refractivity contribution is -0.129. The van der Waals surface area contributed by atoms with Crippen molar-refractivity contribution in [1.29, 1.82) is 0 Å². The molecule has 0 aromatic heterocycles. The summed E-state index contributed by atoms with van der Waals surface area (Å²) in [7, 11) is 0. The molecule has 1 aliphatic rings. The summed E-state index contributed by atoms with van der Waals surface area (Å²) in [5.41, 5.74) is 1.17. The van der Waals surface area contributed by atoms with E-state index in [0.29, 0.717) is 21.2 Å². The maximum atomic E-state index is 12.9. The Labute approximate surface area is 135 Å². The van der Waals surface area contributed by atoms with Crippen molar-refractivity contribution >= 4 is 41.1 Å². The number of cyclic esters (lactones) is 1. The van der Waals surface area contributed by atoms with Gasteiger partial charge in [-0.3, -0.25) is 0 Å². The number of nitrogens with zero attached hydrogens (tertiary/aromatic N) is 1. The maximum Gasteiger partial charge on any atom is 0.363 e. The van der Waals surface area contributed by atoms with Gasteiger partial charge in [0.05, 0.1) is 10.0 Å². The number of carbonyl (C=O) groups is 1. The van der Waals surface area contributed by atoms with E-state index in [9.17, 15) is 9.18 Å². The van der Waals surface area contributed by atoms with Crippen LogP contribution in [0.4, 0.5) is 4.39 Å². The number of rotatable bonds is 2. The summed E-state index contributed by atoms with van der Waals surface area (Å²) >= 11 is 12.0. The molecule has 6 heteroatoms. The molecule has 0 atom stereocenters. The molecule has 0 saturated heterocycles. The Morgan fingerprint density at radius 3 is 2.55 bits per heavy atom. The van der Waals surface area contributed by atoms with Crippen LogP contribution in [0.3, 0.4) is 0 Å². The molecule has 0 unspecified atom stereocenters. The fourth-order valence-corrected chi connectivity index (χ4v) is 2.27. The second-order valence-electron chi connectivity index (χ2n) is 4.49. The third-order valence-corrected chi connectivity index (χ3v) is 3.82. The van der Waals surface area contributed by atoms with Crippen molar-refractivity contribution in [3.63, 3.8) is 0 Å². The number of benzene rings is 2. The SMILES string of the molecule is O=C1OC(c2ccc(F)cc2)=N/C1=C\c1cccc(Cl)c1Cl. The Morgan fingerprint density at radius 2 is 1.82 bits per heavy atom.